The number of hydrogen-bond acceptors (Lipinski definition) is 2. The summed E-state index contributed by atoms with van der Waals surface area (Å²) in [7, 11) is 0. The second-order valence-electron chi connectivity index (χ2n) is 5.10. The Morgan fingerprint density at radius 1 is 1.20 bits per heavy atom. The molecule has 0 bridgehead atoms. The van der Waals surface area contributed by atoms with Crippen molar-refractivity contribution in [2.45, 2.75) is 19.4 Å². The van der Waals surface area contributed by atoms with Gasteiger partial charge in [0.15, 0.2) is 0 Å². The molecule has 1 unspecified atom stereocenters. The molecule has 3 N–H and O–H groups in total. The van der Waals surface area contributed by atoms with Gasteiger partial charge in [0.1, 0.15) is 0 Å². The number of carbonyl (C=O) groups is 1. The fourth-order valence-electron chi connectivity index (χ4n) is 2.63. The predicted octanol–water partition coefficient (Wildman–Crippen LogP) is 3.25. The fraction of sp³-hybridized carbons (Fsp3) is 0.188. The Morgan fingerprint density at radius 3 is 2.65 bits per heavy atom. The number of amides is 2. The first-order valence-corrected chi connectivity index (χ1v) is 6.69. The lowest BCUT2D eigenvalue weighted by Crippen LogP contribution is -2.39. The third kappa shape index (κ3) is 2.20. The van der Waals surface area contributed by atoms with Gasteiger partial charge in [-0.2, -0.15) is 0 Å². The number of rotatable bonds is 1. The summed E-state index contributed by atoms with van der Waals surface area (Å²) in [6, 6.07) is 15.2. The summed E-state index contributed by atoms with van der Waals surface area (Å²) in [6.07, 6.45) is 0.894. The lowest BCUT2D eigenvalue weighted by Gasteiger charge is -2.23. The number of carbonyl (C=O) groups excluding carboxylic acids is 1. The van der Waals surface area contributed by atoms with Crippen molar-refractivity contribution >= 4 is 23.1 Å². The predicted molar refractivity (Wildman–Crippen MR) is 82.0 cm³/mol. The highest BCUT2D eigenvalue weighted by Gasteiger charge is 2.30. The molecule has 2 aromatic carbocycles. The molecule has 1 aliphatic heterocycles. The van der Waals surface area contributed by atoms with Crippen LogP contribution in [0.4, 0.5) is 21.9 Å². The van der Waals surface area contributed by atoms with Crippen LogP contribution in [0.15, 0.2) is 48.5 Å². The summed E-state index contributed by atoms with van der Waals surface area (Å²) >= 11 is 0. The zero-order valence-corrected chi connectivity index (χ0v) is 11.3. The molecule has 0 spiro atoms. The Kier molecular flexibility index (Phi) is 3.06. The average molecular weight is 267 g/mol. The molecule has 4 heteroatoms. The van der Waals surface area contributed by atoms with Crippen LogP contribution in [0, 0.1) is 0 Å². The Bertz CT molecular complexity index is 636. The van der Waals surface area contributed by atoms with Gasteiger partial charge in [0, 0.05) is 23.1 Å². The van der Waals surface area contributed by atoms with E-state index in [-0.39, 0.29) is 12.1 Å². The van der Waals surface area contributed by atoms with Gasteiger partial charge in [-0.3, -0.25) is 4.90 Å². The average Bonchev–Trinajstić information content (AvgIpc) is 2.77. The minimum absolute atomic E-state index is 0.104. The number of anilines is 3. The first-order valence-electron chi connectivity index (χ1n) is 6.69. The van der Waals surface area contributed by atoms with Crippen LogP contribution in [-0.2, 0) is 6.42 Å². The number of urea groups is 1. The number of nitrogen functional groups attached to an aromatic ring is 1. The van der Waals surface area contributed by atoms with Crippen molar-refractivity contribution in [3.63, 3.8) is 0 Å². The Hall–Kier alpha value is -2.49. The normalized spacial score (nSPS) is 16.9. The summed E-state index contributed by atoms with van der Waals surface area (Å²) in [5.41, 5.74) is 9.28. The van der Waals surface area contributed by atoms with Crippen LogP contribution < -0.4 is 16.0 Å². The highest BCUT2D eigenvalue weighted by molar-refractivity contribution is 6.03. The van der Waals surface area contributed by atoms with Gasteiger partial charge in [0.25, 0.3) is 0 Å². The molecule has 0 aliphatic carbocycles. The molecular formula is C16H17N3O. The molecule has 4 nitrogen and oxygen atoms in total. The van der Waals surface area contributed by atoms with Crippen molar-refractivity contribution in [1.82, 2.24) is 0 Å². The molecular weight excluding hydrogens is 250 g/mol. The summed E-state index contributed by atoms with van der Waals surface area (Å²) in [6.45, 7) is 2.06. The van der Waals surface area contributed by atoms with E-state index in [9.17, 15) is 4.79 Å². The summed E-state index contributed by atoms with van der Waals surface area (Å²) in [5, 5.41) is 2.91. The monoisotopic (exact) mass is 267 g/mol. The number of para-hydroxylation sites is 1. The smallest absolute Gasteiger partial charge is 0.326 e. The maximum absolute atomic E-state index is 12.5. The molecule has 2 amide bonds. The molecule has 0 fully saturated rings. The first kappa shape index (κ1) is 12.5. The summed E-state index contributed by atoms with van der Waals surface area (Å²) in [4.78, 5) is 14.3. The van der Waals surface area contributed by atoms with Gasteiger partial charge >= 0.3 is 6.03 Å². The quantitative estimate of drug-likeness (QED) is 0.779. The lowest BCUT2D eigenvalue weighted by atomic mass is 10.1. The first-order chi connectivity index (χ1) is 9.65. The molecule has 1 heterocycles. The number of hydrogen-bond donors (Lipinski definition) is 2. The van der Waals surface area contributed by atoms with Crippen molar-refractivity contribution in [2.75, 3.05) is 16.0 Å². The van der Waals surface area contributed by atoms with E-state index in [1.165, 1.54) is 5.56 Å². The SMILES string of the molecule is CC1Cc2ccccc2N1C(=O)Nc1ccc(N)cc1. The molecule has 0 saturated carbocycles. The fourth-order valence-corrected chi connectivity index (χ4v) is 2.63. The van der Waals surface area contributed by atoms with Crippen LogP contribution in [0.2, 0.25) is 0 Å². The van der Waals surface area contributed by atoms with Crippen LogP contribution in [0.5, 0.6) is 0 Å². The number of nitrogens with zero attached hydrogens (tertiary/aromatic N) is 1. The standard InChI is InChI=1S/C16H17N3O/c1-11-10-12-4-2-3-5-15(12)19(11)16(20)18-14-8-6-13(17)7-9-14/h2-9,11H,10,17H2,1H3,(H,18,20). The minimum atomic E-state index is -0.104. The van der Waals surface area contributed by atoms with E-state index in [2.05, 4.69) is 18.3 Å². The van der Waals surface area contributed by atoms with Gasteiger partial charge in [0.2, 0.25) is 0 Å². The van der Waals surface area contributed by atoms with E-state index < -0.39 is 0 Å². The van der Waals surface area contributed by atoms with E-state index in [1.54, 1.807) is 24.3 Å². The van der Waals surface area contributed by atoms with E-state index in [0.29, 0.717) is 5.69 Å². The maximum Gasteiger partial charge on any atom is 0.326 e. The molecule has 102 valence electrons. The number of benzene rings is 2. The Labute approximate surface area is 118 Å². The van der Waals surface area contributed by atoms with Gasteiger partial charge in [-0.15, -0.1) is 0 Å². The van der Waals surface area contributed by atoms with Gasteiger partial charge in [-0.25, -0.2) is 4.79 Å². The molecule has 20 heavy (non-hydrogen) atoms. The number of nitrogens with one attached hydrogen (secondary N) is 1. The molecule has 1 aliphatic rings. The number of nitrogens with two attached hydrogens (primary N) is 1. The van der Waals surface area contributed by atoms with E-state index in [1.807, 2.05) is 23.1 Å². The maximum atomic E-state index is 12.5. The van der Waals surface area contributed by atoms with Crippen molar-refractivity contribution in [1.29, 1.82) is 0 Å². The minimum Gasteiger partial charge on any atom is -0.399 e. The topological polar surface area (TPSA) is 58.4 Å². The third-order valence-corrected chi connectivity index (χ3v) is 3.59. The van der Waals surface area contributed by atoms with Gasteiger partial charge < -0.3 is 11.1 Å². The molecule has 2 aromatic rings. The Morgan fingerprint density at radius 2 is 1.90 bits per heavy atom. The van der Waals surface area contributed by atoms with Gasteiger partial charge in [0.05, 0.1) is 0 Å². The van der Waals surface area contributed by atoms with Crippen LogP contribution >= 0.6 is 0 Å². The van der Waals surface area contributed by atoms with Crippen LogP contribution in [0.1, 0.15) is 12.5 Å². The highest BCUT2D eigenvalue weighted by Crippen LogP contribution is 2.32. The van der Waals surface area contributed by atoms with Crippen molar-refractivity contribution in [3.8, 4) is 0 Å². The summed E-state index contributed by atoms with van der Waals surface area (Å²) < 4.78 is 0. The van der Waals surface area contributed by atoms with E-state index in [0.717, 1.165) is 17.8 Å². The zero-order valence-electron chi connectivity index (χ0n) is 11.3. The second kappa shape index (κ2) is 4.89. The van der Waals surface area contributed by atoms with Crippen molar-refractivity contribution in [2.24, 2.45) is 0 Å². The third-order valence-electron chi connectivity index (χ3n) is 3.59. The van der Waals surface area contributed by atoms with Crippen LogP contribution in [0.25, 0.3) is 0 Å². The van der Waals surface area contributed by atoms with Crippen molar-refractivity contribution in [3.05, 3.63) is 54.1 Å². The number of fused-ring (bicyclic) bond motifs is 1. The van der Waals surface area contributed by atoms with Gasteiger partial charge in [-0.1, -0.05) is 18.2 Å². The molecule has 0 radical (unpaired) electrons. The lowest BCUT2D eigenvalue weighted by molar-refractivity contribution is 0.256. The molecule has 0 saturated heterocycles. The van der Waals surface area contributed by atoms with Crippen molar-refractivity contribution < 1.29 is 4.79 Å². The summed E-state index contributed by atoms with van der Waals surface area (Å²) in [5.74, 6) is 0. The van der Waals surface area contributed by atoms with Gasteiger partial charge in [-0.05, 0) is 49.2 Å². The highest BCUT2D eigenvalue weighted by atomic mass is 16.2. The molecule has 1 atom stereocenters. The van der Waals surface area contributed by atoms with E-state index >= 15 is 0 Å². The van der Waals surface area contributed by atoms with E-state index in [4.69, 9.17) is 5.73 Å². The van der Waals surface area contributed by atoms with Crippen LogP contribution in [-0.4, -0.2) is 12.1 Å². The molecule has 0 aromatic heterocycles. The second-order valence-corrected chi connectivity index (χ2v) is 5.10. The van der Waals surface area contributed by atoms with Crippen LogP contribution in [0.3, 0.4) is 0 Å². The zero-order chi connectivity index (χ0) is 14.1. The largest absolute Gasteiger partial charge is 0.399 e. The molecule has 3 rings (SSSR count). The Balaban J connectivity index is 1.82.